The number of nitrogens with zero attached hydrogens (tertiary/aromatic N) is 1. The summed E-state index contributed by atoms with van der Waals surface area (Å²) in [6.07, 6.45) is 16.8. The van der Waals surface area contributed by atoms with E-state index in [1.807, 2.05) is 10.9 Å². The van der Waals surface area contributed by atoms with Crippen LogP contribution < -0.4 is 4.84 Å². The predicted octanol–water partition coefficient (Wildman–Crippen LogP) is 5.82. The van der Waals surface area contributed by atoms with Crippen molar-refractivity contribution in [3.05, 3.63) is 24.0 Å². The second kappa shape index (κ2) is 14.3. The zero-order chi connectivity index (χ0) is 14.5. The van der Waals surface area contributed by atoms with Gasteiger partial charge < -0.3 is 4.84 Å². The maximum Gasteiger partial charge on any atom is 0.115 e. The first-order valence-corrected chi connectivity index (χ1v) is 8.68. The maximum absolute atomic E-state index is 5.76. The zero-order valence-electron chi connectivity index (χ0n) is 14.0. The van der Waals surface area contributed by atoms with Gasteiger partial charge in [0.2, 0.25) is 0 Å². The summed E-state index contributed by atoms with van der Waals surface area (Å²) in [5.74, 6) is 0. The lowest BCUT2D eigenvalue weighted by atomic mass is 10.1. The zero-order valence-corrected chi connectivity index (χ0v) is 14.8. The summed E-state index contributed by atoms with van der Waals surface area (Å²) in [6, 6.07) is 4.18. The summed E-state index contributed by atoms with van der Waals surface area (Å²) < 4.78 is 1.92. The van der Waals surface area contributed by atoms with Gasteiger partial charge in [0.05, 0.1) is 5.69 Å². The SMILES string of the molecule is CCCCCCCCCCCCOn1cccc1CC.Cl. The second-order valence-corrected chi connectivity index (χ2v) is 5.69. The minimum absolute atomic E-state index is 0. The van der Waals surface area contributed by atoms with Crippen molar-refractivity contribution in [2.75, 3.05) is 6.61 Å². The summed E-state index contributed by atoms with van der Waals surface area (Å²) in [5, 5.41) is 0. The number of aryl methyl sites for hydroxylation is 1. The van der Waals surface area contributed by atoms with Crippen LogP contribution in [0.3, 0.4) is 0 Å². The minimum Gasteiger partial charge on any atom is -0.414 e. The van der Waals surface area contributed by atoms with Gasteiger partial charge in [-0.2, -0.15) is 4.73 Å². The molecule has 0 aliphatic carbocycles. The Labute approximate surface area is 137 Å². The van der Waals surface area contributed by atoms with Gasteiger partial charge in [-0.3, -0.25) is 0 Å². The Balaban J connectivity index is 0.00000400. The van der Waals surface area contributed by atoms with Crippen molar-refractivity contribution in [2.45, 2.75) is 84.5 Å². The second-order valence-electron chi connectivity index (χ2n) is 5.69. The lowest BCUT2D eigenvalue weighted by molar-refractivity contribution is 0.101. The van der Waals surface area contributed by atoms with Gasteiger partial charge in [0.15, 0.2) is 0 Å². The normalized spacial score (nSPS) is 10.4. The molecule has 0 fully saturated rings. The van der Waals surface area contributed by atoms with Crippen LogP contribution in [-0.4, -0.2) is 11.3 Å². The lowest BCUT2D eigenvalue weighted by Crippen LogP contribution is -2.14. The van der Waals surface area contributed by atoms with Crippen molar-refractivity contribution in [3.8, 4) is 0 Å². The smallest absolute Gasteiger partial charge is 0.115 e. The number of aromatic nitrogens is 1. The van der Waals surface area contributed by atoms with E-state index in [0.717, 1.165) is 13.0 Å². The molecule has 0 radical (unpaired) electrons. The quantitative estimate of drug-likeness (QED) is 0.418. The summed E-state index contributed by atoms with van der Waals surface area (Å²) in [5.41, 5.74) is 1.26. The molecule has 1 heterocycles. The molecule has 0 saturated heterocycles. The number of hydrogen-bond acceptors (Lipinski definition) is 1. The highest BCUT2D eigenvalue weighted by Gasteiger charge is 1.98. The summed E-state index contributed by atoms with van der Waals surface area (Å²) in [6.45, 7) is 5.28. The van der Waals surface area contributed by atoms with Crippen molar-refractivity contribution in [3.63, 3.8) is 0 Å². The number of halogens is 1. The highest BCUT2D eigenvalue weighted by atomic mass is 35.5. The Kier molecular flexibility index (Phi) is 13.9. The van der Waals surface area contributed by atoms with Gasteiger partial charge in [-0.05, 0) is 31.4 Å². The molecule has 0 bridgehead atoms. The molecule has 0 saturated carbocycles. The molecular formula is C18H34ClNO. The third-order valence-electron chi connectivity index (χ3n) is 3.88. The first kappa shape index (κ1) is 20.4. The standard InChI is InChI=1S/C18H33NO.ClH/c1-3-5-6-7-8-9-10-11-12-13-17-20-19-16-14-15-18(19)4-2;/h14-16H,3-13,17H2,1-2H3;1H. The van der Waals surface area contributed by atoms with Gasteiger partial charge in [0.25, 0.3) is 0 Å². The Bertz CT molecular complexity index is 325. The van der Waals surface area contributed by atoms with Crippen molar-refractivity contribution in [1.29, 1.82) is 0 Å². The molecule has 0 aromatic carbocycles. The molecule has 1 aromatic rings. The summed E-state index contributed by atoms with van der Waals surface area (Å²) in [4.78, 5) is 5.76. The maximum atomic E-state index is 5.76. The summed E-state index contributed by atoms with van der Waals surface area (Å²) >= 11 is 0. The molecule has 0 N–H and O–H groups in total. The van der Waals surface area contributed by atoms with Gasteiger partial charge >= 0.3 is 0 Å². The molecule has 2 nitrogen and oxygen atoms in total. The fourth-order valence-corrected chi connectivity index (χ4v) is 2.55. The third-order valence-corrected chi connectivity index (χ3v) is 3.88. The van der Waals surface area contributed by atoms with E-state index in [0.29, 0.717) is 0 Å². The van der Waals surface area contributed by atoms with E-state index in [-0.39, 0.29) is 12.4 Å². The van der Waals surface area contributed by atoms with Crippen LogP contribution in [0.4, 0.5) is 0 Å². The number of unbranched alkanes of at least 4 members (excludes halogenated alkanes) is 9. The largest absolute Gasteiger partial charge is 0.414 e. The van der Waals surface area contributed by atoms with Crippen molar-refractivity contribution in [2.24, 2.45) is 0 Å². The number of hydrogen-bond donors (Lipinski definition) is 0. The van der Waals surface area contributed by atoms with E-state index < -0.39 is 0 Å². The highest BCUT2D eigenvalue weighted by Crippen LogP contribution is 2.10. The Morgan fingerprint density at radius 1 is 0.857 bits per heavy atom. The number of rotatable bonds is 13. The molecular weight excluding hydrogens is 282 g/mol. The Morgan fingerprint density at radius 3 is 2.00 bits per heavy atom. The first-order valence-electron chi connectivity index (χ1n) is 8.68. The molecule has 21 heavy (non-hydrogen) atoms. The molecule has 0 spiro atoms. The lowest BCUT2D eigenvalue weighted by Gasteiger charge is -2.09. The van der Waals surface area contributed by atoms with Gasteiger partial charge in [0, 0.05) is 6.20 Å². The highest BCUT2D eigenvalue weighted by molar-refractivity contribution is 5.85. The molecule has 1 aromatic heterocycles. The van der Waals surface area contributed by atoms with E-state index >= 15 is 0 Å². The molecule has 0 amide bonds. The summed E-state index contributed by atoms with van der Waals surface area (Å²) in [7, 11) is 0. The van der Waals surface area contributed by atoms with Crippen LogP contribution in [0, 0.1) is 0 Å². The van der Waals surface area contributed by atoms with Crippen LogP contribution in [0.1, 0.15) is 83.7 Å². The van der Waals surface area contributed by atoms with Crippen LogP contribution in [0.2, 0.25) is 0 Å². The van der Waals surface area contributed by atoms with Gasteiger partial charge in [-0.15, -0.1) is 12.4 Å². The van der Waals surface area contributed by atoms with E-state index in [9.17, 15) is 0 Å². The van der Waals surface area contributed by atoms with Crippen LogP contribution >= 0.6 is 12.4 Å². The topological polar surface area (TPSA) is 14.2 Å². The molecule has 0 aliphatic heterocycles. The van der Waals surface area contributed by atoms with Crippen LogP contribution in [0.15, 0.2) is 18.3 Å². The van der Waals surface area contributed by atoms with Crippen LogP contribution in [-0.2, 0) is 6.42 Å². The van der Waals surface area contributed by atoms with Crippen molar-refractivity contribution in [1.82, 2.24) is 4.73 Å². The fourth-order valence-electron chi connectivity index (χ4n) is 2.55. The van der Waals surface area contributed by atoms with E-state index in [4.69, 9.17) is 4.84 Å². The Hall–Kier alpha value is -0.630. The monoisotopic (exact) mass is 315 g/mol. The van der Waals surface area contributed by atoms with Gasteiger partial charge in [0.1, 0.15) is 6.61 Å². The van der Waals surface area contributed by atoms with Crippen molar-refractivity contribution < 1.29 is 4.84 Å². The molecule has 0 unspecified atom stereocenters. The van der Waals surface area contributed by atoms with Gasteiger partial charge in [-0.1, -0.05) is 65.2 Å². The molecule has 0 atom stereocenters. The average Bonchev–Trinajstić information content (AvgIpc) is 2.92. The van der Waals surface area contributed by atoms with E-state index in [1.165, 1.54) is 69.9 Å². The Morgan fingerprint density at radius 2 is 1.43 bits per heavy atom. The van der Waals surface area contributed by atoms with Crippen LogP contribution in [0.25, 0.3) is 0 Å². The third kappa shape index (κ3) is 9.84. The average molecular weight is 316 g/mol. The van der Waals surface area contributed by atoms with Crippen molar-refractivity contribution >= 4 is 12.4 Å². The molecule has 3 heteroatoms. The van der Waals surface area contributed by atoms with E-state index in [1.54, 1.807) is 0 Å². The first-order chi connectivity index (χ1) is 9.88. The van der Waals surface area contributed by atoms with Gasteiger partial charge in [-0.25, -0.2) is 0 Å². The predicted molar refractivity (Wildman–Crippen MR) is 94.3 cm³/mol. The molecule has 1 rings (SSSR count). The van der Waals surface area contributed by atoms with E-state index in [2.05, 4.69) is 26.0 Å². The molecule has 0 aliphatic rings. The van der Waals surface area contributed by atoms with Crippen LogP contribution in [0.5, 0.6) is 0 Å². The molecule has 124 valence electrons. The minimum atomic E-state index is 0. The fraction of sp³-hybridized carbons (Fsp3) is 0.778.